The van der Waals surface area contributed by atoms with Crippen LogP contribution in [0.3, 0.4) is 0 Å². The third kappa shape index (κ3) is 6.51. The molecule has 0 bridgehead atoms. The number of aliphatic imine (C=N–C) groups is 1. The first-order chi connectivity index (χ1) is 15.2. The molecule has 0 aromatic rings. The summed E-state index contributed by atoms with van der Waals surface area (Å²) >= 11 is 0. The van der Waals surface area contributed by atoms with Crippen molar-refractivity contribution in [2.24, 2.45) is 28.7 Å². The Labute approximate surface area is 187 Å². The molecule has 2 heterocycles. The monoisotopic (exact) mass is 448 g/mol. The number of hydrogen-bond acceptors (Lipinski definition) is 6. The molecule has 9 heteroatoms. The van der Waals surface area contributed by atoms with Crippen LogP contribution in [0.15, 0.2) is 28.9 Å². The Hall–Kier alpha value is -2.97. The zero-order valence-electron chi connectivity index (χ0n) is 18.8. The van der Waals surface area contributed by atoms with Gasteiger partial charge in [-0.05, 0) is 43.9 Å². The number of carboxylic acids is 2. The molecular weight excluding hydrogens is 416 g/mol. The molecule has 32 heavy (non-hydrogen) atoms. The number of rotatable bonds is 6. The number of carbonyl (C=O) groups excluding carboxylic acids is 2. The van der Waals surface area contributed by atoms with Gasteiger partial charge >= 0.3 is 18.0 Å². The number of carboxylic acid groups (broad SMARTS) is 2. The molecule has 4 atom stereocenters. The zero-order valence-corrected chi connectivity index (χ0v) is 18.8. The second kappa shape index (κ2) is 11.6. The highest BCUT2D eigenvalue weighted by molar-refractivity contribution is 5.99. The molecule has 0 aromatic heterocycles. The van der Waals surface area contributed by atoms with Crippen molar-refractivity contribution in [3.63, 3.8) is 0 Å². The van der Waals surface area contributed by atoms with E-state index in [1.165, 1.54) is 5.71 Å². The molecule has 2 N–H and O–H groups in total. The highest BCUT2D eigenvalue weighted by Gasteiger charge is 2.48. The summed E-state index contributed by atoms with van der Waals surface area (Å²) in [6.45, 7) is 7.64. The Morgan fingerprint density at radius 3 is 2.34 bits per heavy atom. The summed E-state index contributed by atoms with van der Waals surface area (Å²) in [4.78, 5) is 49.5. The second-order valence-corrected chi connectivity index (χ2v) is 8.29. The van der Waals surface area contributed by atoms with E-state index in [-0.39, 0.29) is 11.9 Å². The molecule has 1 saturated carbocycles. The minimum Gasteiger partial charge on any atom is -0.478 e. The number of nitrogens with zero attached hydrogens (tertiary/aromatic N) is 2. The number of aliphatic carboxylic acids is 2. The number of ketones is 1. The summed E-state index contributed by atoms with van der Waals surface area (Å²) in [5.41, 5.74) is 1.81. The average Bonchev–Trinajstić information content (AvgIpc) is 3.16. The summed E-state index contributed by atoms with van der Waals surface area (Å²) < 4.78 is 5.20. The molecule has 3 rings (SSSR count). The highest BCUT2D eigenvalue weighted by atomic mass is 16.6. The smallest absolute Gasteiger partial charge is 0.409 e. The van der Waals surface area contributed by atoms with E-state index in [1.807, 2.05) is 17.9 Å². The van der Waals surface area contributed by atoms with Crippen molar-refractivity contribution in [2.75, 3.05) is 19.7 Å². The summed E-state index contributed by atoms with van der Waals surface area (Å²) in [6.07, 6.45) is 7.07. The van der Waals surface area contributed by atoms with Gasteiger partial charge in [0.15, 0.2) is 5.78 Å². The van der Waals surface area contributed by atoms with E-state index in [0.29, 0.717) is 48.1 Å². The van der Waals surface area contributed by atoms with Crippen molar-refractivity contribution >= 4 is 29.5 Å². The SMILES string of the molecule is CCCC1C2CC=C(C(C)=O)N=C2CC2CN(C(=O)OCC)CC21.O=C(O)/C=C\C(=O)O. The average molecular weight is 449 g/mol. The molecule has 2 aliphatic heterocycles. The summed E-state index contributed by atoms with van der Waals surface area (Å²) in [7, 11) is 0. The zero-order chi connectivity index (χ0) is 23.8. The molecule has 2 fully saturated rings. The lowest BCUT2D eigenvalue weighted by atomic mass is 9.64. The fourth-order valence-corrected chi connectivity index (χ4v) is 4.92. The van der Waals surface area contributed by atoms with E-state index >= 15 is 0 Å². The molecule has 1 amide bonds. The van der Waals surface area contributed by atoms with E-state index in [1.54, 1.807) is 6.92 Å². The Kier molecular flexibility index (Phi) is 9.16. The first-order valence-electron chi connectivity index (χ1n) is 11.0. The number of amides is 1. The van der Waals surface area contributed by atoms with Crippen molar-refractivity contribution in [3.05, 3.63) is 23.9 Å². The fourth-order valence-electron chi connectivity index (χ4n) is 4.92. The minimum atomic E-state index is -1.26. The predicted molar refractivity (Wildman–Crippen MR) is 117 cm³/mol. The number of fused-ring (bicyclic) bond motifs is 2. The number of Topliss-reactive ketones (excluding diaryl/α,β-unsaturated/α-hetero) is 1. The van der Waals surface area contributed by atoms with Gasteiger partial charge in [-0.1, -0.05) is 19.4 Å². The Balaban J connectivity index is 0.000000390. The lowest BCUT2D eigenvalue weighted by molar-refractivity contribution is -0.134. The van der Waals surface area contributed by atoms with Gasteiger partial charge in [0.25, 0.3) is 0 Å². The molecule has 9 nitrogen and oxygen atoms in total. The maximum Gasteiger partial charge on any atom is 0.409 e. The number of carbonyl (C=O) groups is 4. The largest absolute Gasteiger partial charge is 0.478 e. The van der Waals surface area contributed by atoms with Gasteiger partial charge in [0, 0.05) is 43.8 Å². The van der Waals surface area contributed by atoms with Gasteiger partial charge in [-0.15, -0.1) is 0 Å². The summed E-state index contributed by atoms with van der Waals surface area (Å²) in [5.74, 6) is -0.486. The molecule has 0 spiro atoms. The van der Waals surface area contributed by atoms with Gasteiger partial charge in [-0.25, -0.2) is 14.4 Å². The van der Waals surface area contributed by atoms with Crippen LogP contribution in [0, 0.1) is 23.7 Å². The standard InChI is InChI=1S/C19H28N2O3.C4H4O4/c1-4-6-14-15-7-8-17(12(3)22)20-18(15)9-13-10-21(11-16(13)14)19(23)24-5-2;5-3(6)1-2-4(7)8/h8,13-16H,4-7,9-11H2,1-3H3;1-2H,(H,5,6)(H,7,8)/b;2-1-. The van der Waals surface area contributed by atoms with E-state index < -0.39 is 11.9 Å². The molecule has 176 valence electrons. The maximum absolute atomic E-state index is 12.1. The van der Waals surface area contributed by atoms with Gasteiger partial charge in [0.1, 0.15) is 5.70 Å². The highest BCUT2D eigenvalue weighted by Crippen LogP contribution is 2.46. The van der Waals surface area contributed by atoms with E-state index in [9.17, 15) is 19.2 Å². The molecule has 0 radical (unpaired) electrons. The van der Waals surface area contributed by atoms with Gasteiger partial charge in [-0.3, -0.25) is 9.79 Å². The molecule has 4 unspecified atom stereocenters. The number of hydrogen-bond donors (Lipinski definition) is 2. The van der Waals surface area contributed by atoms with E-state index in [4.69, 9.17) is 19.9 Å². The summed E-state index contributed by atoms with van der Waals surface area (Å²) in [5, 5.41) is 15.6. The molecule has 0 aromatic carbocycles. The maximum atomic E-state index is 12.1. The molecular formula is C23H32N2O7. The quantitative estimate of drug-likeness (QED) is 0.596. The van der Waals surface area contributed by atoms with Crippen LogP contribution in [-0.4, -0.2) is 64.3 Å². The number of allylic oxidation sites excluding steroid dienone is 2. The first-order valence-corrected chi connectivity index (χ1v) is 11.0. The van der Waals surface area contributed by atoms with Crippen LogP contribution in [0.4, 0.5) is 4.79 Å². The van der Waals surface area contributed by atoms with Crippen LogP contribution in [0.5, 0.6) is 0 Å². The van der Waals surface area contributed by atoms with Crippen molar-refractivity contribution in [1.29, 1.82) is 0 Å². The van der Waals surface area contributed by atoms with Crippen LogP contribution < -0.4 is 0 Å². The second-order valence-electron chi connectivity index (χ2n) is 8.29. The summed E-state index contributed by atoms with van der Waals surface area (Å²) in [6, 6.07) is 0. The number of ether oxygens (including phenoxy) is 1. The lowest BCUT2D eigenvalue weighted by Crippen LogP contribution is -2.41. The van der Waals surface area contributed by atoms with E-state index in [0.717, 1.165) is 38.8 Å². The molecule has 1 saturated heterocycles. The van der Waals surface area contributed by atoms with Crippen molar-refractivity contribution < 1.29 is 34.1 Å². The molecule has 3 aliphatic rings. The van der Waals surface area contributed by atoms with Crippen LogP contribution in [0.25, 0.3) is 0 Å². The topological polar surface area (TPSA) is 134 Å². The van der Waals surface area contributed by atoms with Crippen molar-refractivity contribution in [2.45, 2.75) is 46.5 Å². The first kappa shape index (κ1) is 25.3. The van der Waals surface area contributed by atoms with Crippen LogP contribution in [0.2, 0.25) is 0 Å². The van der Waals surface area contributed by atoms with Crippen LogP contribution >= 0.6 is 0 Å². The normalized spacial score (nSPS) is 26.2. The van der Waals surface area contributed by atoms with Gasteiger partial charge in [-0.2, -0.15) is 0 Å². The fraction of sp³-hybridized carbons (Fsp3) is 0.609. The predicted octanol–water partition coefficient (Wildman–Crippen LogP) is 3.16. The Morgan fingerprint density at radius 1 is 1.16 bits per heavy atom. The number of likely N-dealkylation sites (tertiary alicyclic amines) is 1. The van der Waals surface area contributed by atoms with Gasteiger partial charge in [0.2, 0.25) is 0 Å². The third-order valence-corrected chi connectivity index (χ3v) is 6.16. The van der Waals surface area contributed by atoms with Crippen molar-refractivity contribution in [1.82, 2.24) is 4.90 Å². The third-order valence-electron chi connectivity index (χ3n) is 6.16. The van der Waals surface area contributed by atoms with Gasteiger partial charge in [0.05, 0.1) is 6.61 Å². The minimum absolute atomic E-state index is 0.0506. The van der Waals surface area contributed by atoms with Crippen molar-refractivity contribution in [3.8, 4) is 0 Å². The Bertz CT molecular complexity index is 814. The Morgan fingerprint density at radius 2 is 1.81 bits per heavy atom. The van der Waals surface area contributed by atoms with E-state index in [2.05, 4.69) is 6.92 Å². The molecule has 1 aliphatic carbocycles. The van der Waals surface area contributed by atoms with Crippen LogP contribution in [0.1, 0.15) is 46.5 Å². The lowest BCUT2D eigenvalue weighted by Gasteiger charge is -2.41. The van der Waals surface area contributed by atoms with Gasteiger partial charge < -0.3 is 19.8 Å². The van der Waals surface area contributed by atoms with Crippen LogP contribution in [-0.2, 0) is 19.1 Å².